The van der Waals surface area contributed by atoms with Crippen LogP contribution >= 0.6 is 24.0 Å². The molecule has 1 aromatic carbocycles. The third kappa shape index (κ3) is 7.99. The van der Waals surface area contributed by atoms with E-state index in [-0.39, 0.29) is 24.0 Å². The molecule has 1 heterocycles. The number of aliphatic imine (C=N–C) groups is 1. The van der Waals surface area contributed by atoms with Crippen LogP contribution in [0.1, 0.15) is 18.4 Å². The van der Waals surface area contributed by atoms with Gasteiger partial charge in [0, 0.05) is 33.9 Å². The van der Waals surface area contributed by atoms with E-state index < -0.39 is 0 Å². The predicted octanol–water partition coefficient (Wildman–Crippen LogP) is 2.51. The fraction of sp³-hybridized carbons (Fsp3) is 0.588. The first-order valence-electron chi connectivity index (χ1n) is 7.94. The normalized spacial score (nSPS) is 17.7. The van der Waals surface area contributed by atoms with Crippen molar-refractivity contribution >= 4 is 29.9 Å². The second kappa shape index (κ2) is 11.6. The van der Waals surface area contributed by atoms with Crippen LogP contribution in [0.3, 0.4) is 0 Å². The third-order valence-electron chi connectivity index (χ3n) is 3.52. The summed E-state index contributed by atoms with van der Waals surface area (Å²) in [5.41, 5.74) is 1.22. The van der Waals surface area contributed by atoms with Crippen LogP contribution in [0.15, 0.2) is 35.3 Å². The highest BCUT2D eigenvalue weighted by molar-refractivity contribution is 14.0. The molecule has 0 radical (unpaired) electrons. The van der Waals surface area contributed by atoms with Crippen LogP contribution < -0.4 is 5.32 Å². The smallest absolute Gasteiger partial charge is 0.193 e. The van der Waals surface area contributed by atoms with Crippen molar-refractivity contribution in [2.75, 3.05) is 40.5 Å². The molecule has 1 unspecified atom stereocenters. The Labute approximate surface area is 156 Å². The molecule has 0 amide bonds. The number of nitrogens with one attached hydrogen (secondary N) is 1. The van der Waals surface area contributed by atoms with E-state index in [1.807, 2.05) is 37.2 Å². The van der Waals surface area contributed by atoms with Gasteiger partial charge in [-0.3, -0.25) is 0 Å². The van der Waals surface area contributed by atoms with Gasteiger partial charge in [-0.2, -0.15) is 0 Å². The third-order valence-corrected chi connectivity index (χ3v) is 3.52. The largest absolute Gasteiger partial charge is 0.379 e. The number of nitrogens with zero attached hydrogens (tertiary/aromatic N) is 2. The molecule has 0 saturated carbocycles. The van der Waals surface area contributed by atoms with E-state index in [9.17, 15) is 0 Å². The molecule has 130 valence electrons. The van der Waals surface area contributed by atoms with Crippen molar-refractivity contribution in [1.29, 1.82) is 0 Å². The Morgan fingerprint density at radius 3 is 2.78 bits per heavy atom. The van der Waals surface area contributed by atoms with Gasteiger partial charge in [0.1, 0.15) is 0 Å². The highest BCUT2D eigenvalue weighted by Crippen LogP contribution is 2.08. The van der Waals surface area contributed by atoms with Crippen molar-refractivity contribution < 1.29 is 9.47 Å². The van der Waals surface area contributed by atoms with Crippen LogP contribution in [-0.2, 0) is 16.0 Å². The summed E-state index contributed by atoms with van der Waals surface area (Å²) in [5, 5.41) is 3.38. The minimum atomic E-state index is 0. The molecule has 1 atom stereocenters. The first-order chi connectivity index (χ1) is 10.8. The summed E-state index contributed by atoms with van der Waals surface area (Å²) in [6, 6.07) is 10.3. The highest BCUT2D eigenvalue weighted by Gasteiger charge is 2.15. The summed E-state index contributed by atoms with van der Waals surface area (Å²) >= 11 is 0. The Hall–Kier alpha value is -0.860. The van der Waals surface area contributed by atoms with E-state index in [0.29, 0.717) is 12.6 Å². The molecule has 0 aromatic heterocycles. The minimum Gasteiger partial charge on any atom is -0.379 e. The molecule has 6 heteroatoms. The lowest BCUT2D eigenvalue weighted by molar-refractivity contribution is 0.0419. The topological polar surface area (TPSA) is 46.1 Å². The van der Waals surface area contributed by atoms with E-state index in [2.05, 4.69) is 22.4 Å². The van der Waals surface area contributed by atoms with E-state index in [1.54, 1.807) is 0 Å². The van der Waals surface area contributed by atoms with Gasteiger partial charge in [-0.1, -0.05) is 30.3 Å². The van der Waals surface area contributed by atoms with Crippen LogP contribution in [0.5, 0.6) is 0 Å². The van der Waals surface area contributed by atoms with Crippen molar-refractivity contribution in [3.63, 3.8) is 0 Å². The number of halogens is 1. The lowest BCUT2D eigenvalue weighted by Crippen LogP contribution is -2.37. The molecule has 5 nitrogen and oxygen atoms in total. The summed E-state index contributed by atoms with van der Waals surface area (Å²) < 4.78 is 11.0. The van der Waals surface area contributed by atoms with Gasteiger partial charge in [0.2, 0.25) is 0 Å². The predicted molar refractivity (Wildman–Crippen MR) is 104 cm³/mol. The molecule has 1 aromatic rings. The molecule has 1 fully saturated rings. The summed E-state index contributed by atoms with van der Waals surface area (Å²) in [6.45, 7) is 3.89. The summed E-state index contributed by atoms with van der Waals surface area (Å²) in [4.78, 5) is 6.65. The maximum absolute atomic E-state index is 5.76. The Kier molecular flexibility index (Phi) is 10.2. The second-order valence-corrected chi connectivity index (χ2v) is 5.66. The van der Waals surface area contributed by atoms with Gasteiger partial charge in [-0.25, -0.2) is 4.99 Å². The maximum Gasteiger partial charge on any atom is 0.193 e. The molecule has 1 N–H and O–H groups in total. The van der Waals surface area contributed by atoms with Gasteiger partial charge in [0.05, 0.1) is 19.3 Å². The molecule has 2 rings (SSSR count). The quantitative estimate of drug-likeness (QED) is 0.311. The summed E-state index contributed by atoms with van der Waals surface area (Å²) in [5.74, 6) is 0.910. The first kappa shape index (κ1) is 20.2. The molecule has 23 heavy (non-hydrogen) atoms. The number of ether oxygens (including phenoxy) is 2. The highest BCUT2D eigenvalue weighted by atomic mass is 127. The summed E-state index contributed by atoms with van der Waals surface area (Å²) in [7, 11) is 4.01. The van der Waals surface area contributed by atoms with Crippen molar-refractivity contribution in [1.82, 2.24) is 10.2 Å². The standard InChI is InChI=1S/C17H27N3O2.HI/c1-20(2)17(19-13-15-7-4-3-5-8-15)18-10-6-11-22-16-9-12-21-14-16;/h3-5,7-8,16H,6,9-14H2,1-2H3,(H,18,19);1H. The van der Waals surface area contributed by atoms with Crippen LogP contribution in [0.25, 0.3) is 0 Å². The van der Waals surface area contributed by atoms with Gasteiger partial charge in [-0.15, -0.1) is 24.0 Å². The Morgan fingerprint density at radius 2 is 2.13 bits per heavy atom. The molecule has 1 aliphatic rings. The lowest BCUT2D eigenvalue weighted by Gasteiger charge is -2.18. The Morgan fingerprint density at radius 1 is 1.35 bits per heavy atom. The van der Waals surface area contributed by atoms with E-state index in [0.717, 1.165) is 45.2 Å². The number of benzene rings is 1. The monoisotopic (exact) mass is 433 g/mol. The average Bonchev–Trinajstić information content (AvgIpc) is 3.04. The van der Waals surface area contributed by atoms with E-state index in [4.69, 9.17) is 9.47 Å². The van der Waals surface area contributed by atoms with Crippen molar-refractivity contribution in [2.45, 2.75) is 25.5 Å². The van der Waals surface area contributed by atoms with E-state index >= 15 is 0 Å². The van der Waals surface area contributed by atoms with Gasteiger partial charge < -0.3 is 19.7 Å². The van der Waals surface area contributed by atoms with Gasteiger partial charge in [0.25, 0.3) is 0 Å². The SMILES string of the molecule is CN(C)C(=NCc1ccccc1)NCCCOC1CCOC1.I. The molecule has 0 spiro atoms. The molecule has 0 bridgehead atoms. The zero-order valence-corrected chi connectivity index (χ0v) is 16.4. The number of rotatable bonds is 7. The molecular formula is C17H28IN3O2. The molecule has 0 aliphatic carbocycles. The fourth-order valence-electron chi connectivity index (χ4n) is 2.27. The van der Waals surface area contributed by atoms with E-state index in [1.165, 1.54) is 5.56 Å². The number of hydrogen-bond donors (Lipinski definition) is 1. The van der Waals surface area contributed by atoms with Crippen LogP contribution in [0.2, 0.25) is 0 Å². The summed E-state index contributed by atoms with van der Waals surface area (Å²) in [6.07, 6.45) is 2.28. The van der Waals surface area contributed by atoms with Crippen molar-refractivity contribution in [3.05, 3.63) is 35.9 Å². The Balaban J connectivity index is 0.00000264. The first-order valence-corrected chi connectivity index (χ1v) is 7.94. The van der Waals surface area contributed by atoms with Gasteiger partial charge in [0.15, 0.2) is 5.96 Å². The maximum atomic E-state index is 5.76. The second-order valence-electron chi connectivity index (χ2n) is 5.66. The zero-order chi connectivity index (χ0) is 15.6. The van der Waals surface area contributed by atoms with Gasteiger partial charge >= 0.3 is 0 Å². The zero-order valence-electron chi connectivity index (χ0n) is 14.0. The average molecular weight is 433 g/mol. The molecule has 1 saturated heterocycles. The fourth-order valence-corrected chi connectivity index (χ4v) is 2.27. The van der Waals surface area contributed by atoms with Crippen molar-refractivity contribution in [3.8, 4) is 0 Å². The van der Waals surface area contributed by atoms with Crippen LogP contribution in [0, 0.1) is 0 Å². The molecule has 1 aliphatic heterocycles. The van der Waals surface area contributed by atoms with Gasteiger partial charge in [-0.05, 0) is 18.4 Å². The van der Waals surface area contributed by atoms with Crippen LogP contribution in [0.4, 0.5) is 0 Å². The van der Waals surface area contributed by atoms with Crippen molar-refractivity contribution in [2.24, 2.45) is 4.99 Å². The Bertz CT molecular complexity index is 448. The minimum absolute atomic E-state index is 0. The number of hydrogen-bond acceptors (Lipinski definition) is 3. The molecular weight excluding hydrogens is 405 g/mol. The van der Waals surface area contributed by atoms with Crippen LogP contribution in [-0.4, -0.2) is 57.4 Å². The lowest BCUT2D eigenvalue weighted by atomic mass is 10.2. The number of guanidine groups is 1.